The van der Waals surface area contributed by atoms with Gasteiger partial charge in [0.05, 0.1) is 11.0 Å². The van der Waals surface area contributed by atoms with Crippen LogP contribution in [0.15, 0.2) is 146 Å². The minimum Gasteiger partial charge on any atom is -0.309 e. The van der Waals surface area contributed by atoms with Gasteiger partial charge in [0.15, 0.2) is 0 Å². The lowest BCUT2D eigenvalue weighted by Crippen LogP contribution is -1.98. The predicted molar refractivity (Wildman–Crippen MR) is 213 cm³/mol. The Morgan fingerprint density at radius 2 is 1.08 bits per heavy atom. The molecule has 0 bridgehead atoms. The highest BCUT2D eigenvalue weighted by Gasteiger charge is 2.23. The van der Waals surface area contributed by atoms with Gasteiger partial charge in [0, 0.05) is 21.8 Å². The Kier molecular flexibility index (Phi) is 8.93. The summed E-state index contributed by atoms with van der Waals surface area (Å²) in [5.74, 6) is 0.709. The van der Waals surface area contributed by atoms with Crippen LogP contribution < -0.4 is 0 Å². The van der Waals surface area contributed by atoms with E-state index in [9.17, 15) is 0 Å². The van der Waals surface area contributed by atoms with Crippen molar-refractivity contribution in [1.82, 2.24) is 4.57 Å². The molecule has 8 rings (SSSR count). The molecule has 7 aromatic carbocycles. The zero-order valence-corrected chi connectivity index (χ0v) is 29.6. The van der Waals surface area contributed by atoms with Gasteiger partial charge in [-0.25, -0.2) is 0 Å². The molecule has 0 saturated heterocycles. The lowest BCUT2D eigenvalue weighted by atomic mass is 9.83. The third kappa shape index (κ3) is 5.85. The molecule has 49 heavy (non-hydrogen) atoms. The molecule has 0 aliphatic rings. The van der Waals surface area contributed by atoms with Crippen LogP contribution in [-0.4, -0.2) is 4.57 Å². The van der Waals surface area contributed by atoms with E-state index in [0.29, 0.717) is 5.92 Å². The molecule has 1 heteroatoms. The fourth-order valence-corrected chi connectivity index (χ4v) is 7.49. The molecule has 0 amide bonds. The van der Waals surface area contributed by atoms with Crippen LogP contribution in [0.3, 0.4) is 0 Å². The number of hydrogen-bond donors (Lipinski definition) is 0. The van der Waals surface area contributed by atoms with Crippen LogP contribution in [0.2, 0.25) is 0 Å². The second-order valence-electron chi connectivity index (χ2n) is 13.5. The minimum absolute atomic E-state index is 0.709. The molecular formula is C48H45N. The first-order valence-electron chi connectivity index (χ1n) is 17.6. The van der Waals surface area contributed by atoms with Gasteiger partial charge in [0.2, 0.25) is 0 Å². The number of benzene rings is 7. The second-order valence-corrected chi connectivity index (χ2v) is 13.5. The molecule has 242 valence electrons. The van der Waals surface area contributed by atoms with E-state index in [1.165, 1.54) is 94.8 Å². The minimum atomic E-state index is 0.709. The number of nitrogens with zero attached hydrogens (tertiary/aromatic N) is 1. The molecule has 0 N–H and O–H groups in total. The Morgan fingerprint density at radius 3 is 1.80 bits per heavy atom. The van der Waals surface area contributed by atoms with Gasteiger partial charge in [-0.05, 0) is 114 Å². The van der Waals surface area contributed by atoms with Gasteiger partial charge in [-0.1, -0.05) is 141 Å². The number of aromatic nitrogens is 1. The van der Waals surface area contributed by atoms with Gasteiger partial charge >= 0.3 is 0 Å². The smallest absolute Gasteiger partial charge is 0.0619 e. The molecular weight excluding hydrogens is 591 g/mol. The molecule has 0 aliphatic heterocycles. The molecule has 1 nitrogen and oxygen atoms in total. The first-order valence-corrected chi connectivity index (χ1v) is 17.6. The van der Waals surface area contributed by atoms with E-state index in [1.807, 2.05) is 0 Å². The Balaban J connectivity index is 0.000000327. The second kappa shape index (κ2) is 13.6. The molecule has 1 aromatic heterocycles. The highest BCUT2D eigenvalue weighted by atomic mass is 15.0. The highest BCUT2D eigenvalue weighted by Crippen LogP contribution is 2.47. The molecule has 1 atom stereocenters. The zero-order valence-electron chi connectivity index (χ0n) is 29.6. The molecule has 0 spiro atoms. The first-order chi connectivity index (χ1) is 23.9. The standard InChI is InChI=1S/C38H31N.C10H14/c1-24-12-8-10-16-30(24)34-25(2)18-19-26(3)35(34)36-27(4)20-23-33-37(36)32-22-21-28-13-9-11-17-31(28)38(32)39(33)29-14-6-5-7-15-29;1-3-9(2)10-7-5-4-6-8-10/h5-23H,1-4H3;4-9H,3H2,1-2H3. The molecule has 1 heterocycles. The third-order valence-electron chi connectivity index (χ3n) is 10.3. The Hall–Kier alpha value is -5.40. The summed E-state index contributed by atoms with van der Waals surface area (Å²) in [4.78, 5) is 0. The number of rotatable bonds is 5. The van der Waals surface area contributed by atoms with Crippen LogP contribution in [0.25, 0.3) is 60.5 Å². The van der Waals surface area contributed by atoms with E-state index in [0.717, 1.165) is 0 Å². The monoisotopic (exact) mass is 635 g/mol. The Morgan fingerprint density at radius 1 is 0.490 bits per heavy atom. The largest absolute Gasteiger partial charge is 0.309 e. The van der Waals surface area contributed by atoms with E-state index in [2.05, 4.69) is 192 Å². The van der Waals surface area contributed by atoms with Crippen molar-refractivity contribution in [3.63, 3.8) is 0 Å². The van der Waals surface area contributed by atoms with Crippen LogP contribution in [0, 0.1) is 27.7 Å². The van der Waals surface area contributed by atoms with Crippen molar-refractivity contribution in [3.8, 4) is 27.9 Å². The summed E-state index contributed by atoms with van der Waals surface area (Å²) < 4.78 is 2.47. The molecule has 0 saturated carbocycles. The average Bonchev–Trinajstić information content (AvgIpc) is 3.49. The Labute approximate surface area is 291 Å². The maximum absolute atomic E-state index is 2.47. The van der Waals surface area contributed by atoms with Crippen LogP contribution in [0.4, 0.5) is 0 Å². The third-order valence-corrected chi connectivity index (χ3v) is 10.3. The lowest BCUT2D eigenvalue weighted by Gasteiger charge is -2.20. The van der Waals surface area contributed by atoms with Crippen molar-refractivity contribution in [3.05, 3.63) is 173 Å². The van der Waals surface area contributed by atoms with Crippen LogP contribution >= 0.6 is 0 Å². The number of aryl methyl sites for hydroxylation is 4. The van der Waals surface area contributed by atoms with Gasteiger partial charge < -0.3 is 4.57 Å². The Bertz CT molecular complexity index is 2410. The van der Waals surface area contributed by atoms with Gasteiger partial charge in [-0.2, -0.15) is 0 Å². The maximum Gasteiger partial charge on any atom is 0.0619 e. The van der Waals surface area contributed by atoms with Crippen molar-refractivity contribution < 1.29 is 0 Å². The zero-order chi connectivity index (χ0) is 34.1. The van der Waals surface area contributed by atoms with Gasteiger partial charge in [0.1, 0.15) is 0 Å². The summed E-state index contributed by atoms with van der Waals surface area (Å²) in [6.45, 7) is 13.5. The number of fused-ring (bicyclic) bond motifs is 5. The van der Waals surface area contributed by atoms with E-state index in [4.69, 9.17) is 0 Å². The van der Waals surface area contributed by atoms with Crippen molar-refractivity contribution in [2.24, 2.45) is 0 Å². The van der Waals surface area contributed by atoms with Crippen molar-refractivity contribution in [1.29, 1.82) is 0 Å². The fraction of sp³-hybridized carbons (Fsp3) is 0.167. The van der Waals surface area contributed by atoms with Gasteiger partial charge in [0.25, 0.3) is 0 Å². The molecule has 1 unspecified atom stereocenters. The molecule has 0 radical (unpaired) electrons. The van der Waals surface area contributed by atoms with Gasteiger partial charge in [-0.3, -0.25) is 0 Å². The van der Waals surface area contributed by atoms with E-state index in [-0.39, 0.29) is 0 Å². The summed E-state index contributed by atoms with van der Waals surface area (Å²) in [5, 5.41) is 5.15. The fourth-order valence-electron chi connectivity index (χ4n) is 7.49. The molecule has 8 aromatic rings. The summed E-state index contributed by atoms with van der Waals surface area (Å²) >= 11 is 0. The summed E-state index contributed by atoms with van der Waals surface area (Å²) in [6.07, 6.45) is 1.23. The number of hydrogen-bond acceptors (Lipinski definition) is 0. The lowest BCUT2D eigenvalue weighted by molar-refractivity contribution is 0.733. The van der Waals surface area contributed by atoms with Crippen LogP contribution in [0.5, 0.6) is 0 Å². The molecule has 0 fully saturated rings. The summed E-state index contributed by atoms with van der Waals surface area (Å²) in [5.41, 5.74) is 15.7. The first kappa shape index (κ1) is 32.2. The van der Waals surface area contributed by atoms with Gasteiger partial charge in [-0.15, -0.1) is 0 Å². The van der Waals surface area contributed by atoms with Crippen molar-refractivity contribution in [2.75, 3.05) is 0 Å². The maximum atomic E-state index is 2.47. The molecule has 0 aliphatic carbocycles. The van der Waals surface area contributed by atoms with Crippen LogP contribution in [0.1, 0.15) is 54.0 Å². The summed E-state index contributed by atoms with van der Waals surface area (Å²) in [7, 11) is 0. The highest BCUT2D eigenvalue weighted by molar-refractivity contribution is 6.23. The normalized spacial score (nSPS) is 11.9. The van der Waals surface area contributed by atoms with Crippen LogP contribution in [-0.2, 0) is 0 Å². The predicted octanol–water partition coefficient (Wildman–Crippen LogP) is 13.7. The van der Waals surface area contributed by atoms with E-state index < -0.39 is 0 Å². The topological polar surface area (TPSA) is 4.93 Å². The SMILES string of the molecule is CCC(C)c1ccccc1.Cc1ccccc1-c1c(C)ccc(C)c1-c1c(C)ccc2c1c1ccc3ccccc3c1n2-c1ccccc1. The average molecular weight is 636 g/mol. The quantitative estimate of drug-likeness (QED) is 0.177. The summed E-state index contributed by atoms with van der Waals surface area (Å²) in [6, 6.07) is 52.8. The van der Waals surface area contributed by atoms with E-state index >= 15 is 0 Å². The van der Waals surface area contributed by atoms with Crippen molar-refractivity contribution >= 4 is 32.6 Å². The van der Waals surface area contributed by atoms with Crippen molar-refractivity contribution in [2.45, 2.75) is 53.9 Å². The number of para-hydroxylation sites is 1. The van der Waals surface area contributed by atoms with E-state index in [1.54, 1.807) is 0 Å².